The van der Waals surface area contributed by atoms with Crippen LogP contribution in [0.15, 0.2) is 0 Å². The average Bonchev–Trinajstić information content (AvgIpc) is 3.26. The van der Waals surface area contributed by atoms with Gasteiger partial charge in [-0.2, -0.15) is 0 Å². The third-order valence-electron chi connectivity index (χ3n) is 5.29. The molecule has 1 saturated carbocycles. The molecule has 0 radical (unpaired) electrons. The van der Waals surface area contributed by atoms with Gasteiger partial charge in [0.2, 0.25) is 11.8 Å². The number of ether oxygens (including phenoxy) is 1. The second-order valence-corrected chi connectivity index (χ2v) is 8.20. The van der Waals surface area contributed by atoms with E-state index in [0.29, 0.717) is 37.2 Å². The van der Waals surface area contributed by atoms with Crippen molar-refractivity contribution in [3.8, 4) is 0 Å². The number of nitrogens with one attached hydrogen (secondary N) is 1. The Balaban J connectivity index is 1.33. The lowest BCUT2D eigenvalue weighted by molar-refractivity contribution is -0.189. The number of hydrogen-bond acceptors (Lipinski definition) is 3. The third-order valence-corrected chi connectivity index (χ3v) is 5.29. The molecule has 130 valence electrons. The molecule has 5 heteroatoms. The molecule has 3 fully saturated rings. The second kappa shape index (κ2) is 6.80. The lowest BCUT2D eigenvalue weighted by Gasteiger charge is -2.53. The largest absolute Gasteiger partial charge is 0.371 e. The second-order valence-electron chi connectivity index (χ2n) is 8.20. The van der Waals surface area contributed by atoms with Gasteiger partial charge in [-0.05, 0) is 43.4 Å². The van der Waals surface area contributed by atoms with Gasteiger partial charge in [-0.3, -0.25) is 9.59 Å². The fourth-order valence-corrected chi connectivity index (χ4v) is 3.55. The predicted molar refractivity (Wildman–Crippen MR) is 87.8 cm³/mol. The van der Waals surface area contributed by atoms with E-state index >= 15 is 0 Å². The molecule has 0 aromatic heterocycles. The number of hydrogen-bond donors (Lipinski definition) is 1. The summed E-state index contributed by atoms with van der Waals surface area (Å²) in [5.74, 6) is 1.93. The Morgan fingerprint density at radius 2 is 1.96 bits per heavy atom. The minimum atomic E-state index is -0.0961. The molecule has 1 N–H and O–H groups in total. The SMILES string of the molecule is CC(C)CC(=O)N1CC2(CCC(CNC(=O)CC3CC3)CO2)C1. The molecule has 3 rings (SSSR count). The zero-order valence-electron chi connectivity index (χ0n) is 14.5. The summed E-state index contributed by atoms with van der Waals surface area (Å²) >= 11 is 0. The smallest absolute Gasteiger partial charge is 0.223 e. The molecule has 1 unspecified atom stereocenters. The van der Waals surface area contributed by atoms with Crippen LogP contribution >= 0.6 is 0 Å². The van der Waals surface area contributed by atoms with Crippen molar-refractivity contribution in [1.29, 1.82) is 0 Å². The molecule has 3 aliphatic rings. The van der Waals surface area contributed by atoms with Crippen molar-refractivity contribution in [3.05, 3.63) is 0 Å². The van der Waals surface area contributed by atoms with Gasteiger partial charge in [0.25, 0.3) is 0 Å². The summed E-state index contributed by atoms with van der Waals surface area (Å²) < 4.78 is 6.08. The lowest BCUT2D eigenvalue weighted by Crippen LogP contribution is -2.66. The minimum Gasteiger partial charge on any atom is -0.371 e. The normalized spacial score (nSPS) is 26.2. The van der Waals surface area contributed by atoms with Gasteiger partial charge in [0.1, 0.15) is 5.60 Å². The van der Waals surface area contributed by atoms with Crippen molar-refractivity contribution in [2.75, 3.05) is 26.2 Å². The highest BCUT2D eigenvalue weighted by atomic mass is 16.5. The van der Waals surface area contributed by atoms with Gasteiger partial charge >= 0.3 is 0 Å². The van der Waals surface area contributed by atoms with Crippen LogP contribution in [-0.2, 0) is 14.3 Å². The zero-order valence-corrected chi connectivity index (χ0v) is 14.5. The maximum Gasteiger partial charge on any atom is 0.223 e. The van der Waals surface area contributed by atoms with Crippen LogP contribution in [0.5, 0.6) is 0 Å². The van der Waals surface area contributed by atoms with E-state index in [2.05, 4.69) is 19.2 Å². The predicted octanol–water partition coefficient (Wildman–Crippen LogP) is 1.96. The van der Waals surface area contributed by atoms with Crippen molar-refractivity contribution in [1.82, 2.24) is 10.2 Å². The highest BCUT2D eigenvalue weighted by molar-refractivity contribution is 5.77. The summed E-state index contributed by atoms with van der Waals surface area (Å²) in [5, 5.41) is 3.05. The van der Waals surface area contributed by atoms with E-state index in [0.717, 1.165) is 32.5 Å². The van der Waals surface area contributed by atoms with Gasteiger partial charge in [0.15, 0.2) is 0 Å². The summed E-state index contributed by atoms with van der Waals surface area (Å²) in [6, 6.07) is 0. The Morgan fingerprint density at radius 3 is 2.52 bits per heavy atom. The first-order valence-electron chi connectivity index (χ1n) is 9.14. The average molecular weight is 322 g/mol. The molecule has 2 aliphatic heterocycles. The summed E-state index contributed by atoms with van der Waals surface area (Å²) in [6.45, 7) is 7.09. The molecule has 1 spiro atoms. The molecule has 5 nitrogen and oxygen atoms in total. The van der Waals surface area contributed by atoms with E-state index in [1.54, 1.807) is 0 Å². The summed E-state index contributed by atoms with van der Waals surface area (Å²) in [6.07, 6.45) is 5.84. The quantitative estimate of drug-likeness (QED) is 0.813. The van der Waals surface area contributed by atoms with Crippen molar-refractivity contribution in [2.24, 2.45) is 17.8 Å². The molecule has 0 bridgehead atoms. The van der Waals surface area contributed by atoms with Gasteiger partial charge < -0.3 is 15.0 Å². The molecule has 0 aromatic carbocycles. The first-order chi connectivity index (χ1) is 11.0. The topological polar surface area (TPSA) is 58.6 Å². The number of likely N-dealkylation sites (tertiary alicyclic amines) is 1. The van der Waals surface area contributed by atoms with Crippen LogP contribution < -0.4 is 5.32 Å². The molecule has 23 heavy (non-hydrogen) atoms. The fourth-order valence-electron chi connectivity index (χ4n) is 3.55. The van der Waals surface area contributed by atoms with E-state index in [-0.39, 0.29) is 17.4 Å². The minimum absolute atomic E-state index is 0.0961. The molecule has 1 aliphatic carbocycles. The molecule has 2 heterocycles. The van der Waals surface area contributed by atoms with Gasteiger partial charge in [0, 0.05) is 19.4 Å². The highest BCUT2D eigenvalue weighted by Gasteiger charge is 2.48. The Kier molecular flexibility index (Phi) is 4.95. The van der Waals surface area contributed by atoms with Crippen LogP contribution in [0.4, 0.5) is 0 Å². The molecule has 2 saturated heterocycles. The van der Waals surface area contributed by atoms with E-state index in [9.17, 15) is 9.59 Å². The first-order valence-corrected chi connectivity index (χ1v) is 9.14. The number of rotatable bonds is 6. The van der Waals surface area contributed by atoms with E-state index in [4.69, 9.17) is 4.74 Å². The molecular weight excluding hydrogens is 292 g/mol. The maximum atomic E-state index is 12.0. The third kappa shape index (κ3) is 4.46. The summed E-state index contributed by atoms with van der Waals surface area (Å²) in [5.41, 5.74) is -0.0961. The van der Waals surface area contributed by atoms with Gasteiger partial charge in [-0.1, -0.05) is 13.8 Å². The van der Waals surface area contributed by atoms with Gasteiger partial charge in [-0.15, -0.1) is 0 Å². The van der Waals surface area contributed by atoms with E-state index in [1.807, 2.05) is 4.90 Å². The van der Waals surface area contributed by atoms with Crippen molar-refractivity contribution < 1.29 is 14.3 Å². The summed E-state index contributed by atoms with van der Waals surface area (Å²) in [7, 11) is 0. The van der Waals surface area contributed by atoms with Crippen molar-refractivity contribution in [2.45, 2.75) is 58.0 Å². The standard InChI is InChI=1S/C18H30N2O3/c1-13(2)7-17(22)20-11-18(12-20)6-5-15(10-23-18)9-19-16(21)8-14-3-4-14/h13-15H,3-12H2,1-2H3,(H,19,21). The molecule has 2 amide bonds. The van der Waals surface area contributed by atoms with Crippen molar-refractivity contribution in [3.63, 3.8) is 0 Å². The monoisotopic (exact) mass is 322 g/mol. The maximum absolute atomic E-state index is 12.0. The Bertz CT molecular complexity index is 443. The summed E-state index contributed by atoms with van der Waals surface area (Å²) in [4.78, 5) is 25.7. The number of carbonyl (C=O) groups excluding carboxylic acids is 2. The van der Waals surface area contributed by atoms with Gasteiger partial charge in [-0.25, -0.2) is 0 Å². The van der Waals surface area contributed by atoms with E-state index in [1.165, 1.54) is 12.8 Å². The molecule has 1 atom stereocenters. The van der Waals surface area contributed by atoms with Crippen LogP contribution in [0.2, 0.25) is 0 Å². The number of carbonyl (C=O) groups is 2. The van der Waals surface area contributed by atoms with Crippen LogP contribution in [0.1, 0.15) is 52.4 Å². The Hall–Kier alpha value is -1.10. The zero-order chi connectivity index (χ0) is 16.4. The van der Waals surface area contributed by atoms with E-state index < -0.39 is 0 Å². The van der Waals surface area contributed by atoms with Crippen LogP contribution in [-0.4, -0.2) is 48.6 Å². The first kappa shape index (κ1) is 16.7. The number of amides is 2. The van der Waals surface area contributed by atoms with Gasteiger partial charge in [0.05, 0.1) is 19.7 Å². The van der Waals surface area contributed by atoms with Crippen molar-refractivity contribution >= 4 is 11.8 Å². The van der Waals surface area contributed by atoms with Crippen LogP contribution in [0.3, 0.4) is 0 Å². The fraction of sp³-hybridized carbons (Fsp3) is 0.889. The lowest BCUT2D eigenvalue weighted by atomic mass is 9.82. The highest BCUT2D eigenvalue weighted by Crippen LogP contribution is 2.36. The molecule has 0 aromatic rings. The number of nitrogens with zero attached hydrogens (tertiary/aromatic N) is 1. The Labute approximate surface area is 139 Å². The van der Waals surface area contributed by atoms with Crippen LogP contribution in [0.25, 0.3) is 0 Å². The molecular formula is C18H30N2O3. The van der Waals surface area contributed by atoms with Crippen LogP contribution in [0, 0.1) is 17.8 Å². The Morgan fingerprint density at radius 1 is 1.22 bits per heavy atom.